The lowest BCUT2D eigenvalue weighted by atomic mass is 9.94. The Morgan fingerprint density at radius 1 is 0.857 bits per heavy atom. The van der Waals surface area contributed by atoms with Crippen LogP contribution in [0, 0.1) is 11.7 Å². The van der Waals surface area contributed by atoms with E-state index in [4.69, 9.17) is 0 Å². The first-order valence-corrected chi connectivity index (χ1v) is 10.3. The molecule has 0 atom stereocenters. The van der Waals surface area contributed by atoms with Crippen molar-refractivity contribution in [2.45, 2.75) is 19.4 Å². The fraction of sp³-hybridized carbons (Fsp3) is 0.435. The molecule has 2 fully saturated rings. The molecule has 2 aliphatic heterocycles. The highest BCUT2D eigenvalue weighted by Crippen LogP contribution is 2.23. The number of likely N-dealkylation sites (tertiary alicyclic amines) is 1. The highest BCUT2D eigenvalue weighted by Gasteiger charge is 2.30. The number of amides is 1. The predicted octanol–water partition coefficient (Wildman–Crippen LogP) is 3.39. The summed E-state index contributed by atoms with van der Waals surface area (Å²) in [6.45, 7) is 5.71. The van der Waals surface area contributed by atoms with Crippen LogP contribution < -0.4 is 4.90 Å². The Bertz CT molecular complexity index is 781. The van der Waals surface area contributed by atoms with Crippen LogP contribution in [0.15, 0.2) is 54.6 Å². The molecule has 1 amide bonds. The van der Waals surface area contributed by atoms with Gasteiger partial charge < -0.3 is 9.80 Å². The van der Waals surface area contributed by atoms with Crippen molar-refractivity contribution in [3.05, 3.63) is 66.0 Å². The van der Waals surface area contributed by atoms with Gasteiger partial charge in [0.05, 0.1) is 0 Å². The molecule has 4 rings (SSSR count). The highest BCUT2D eigenvalue weighted by molar-refractivity contribution is 5.79. The van der Waals surface area contributed by atoms with E-state index in [1.807, 2.05) is 23.1 Å². The molecule has 2 saturated heterocycles. The third kappa shape index (κ3) is 4.36. The maximum Gasteiger partial charge on any atom is 0.225 e. The van der Waals surface area contributed by atoms with Gasteiger partial charge >= 0.3 is 0 Å². The van der Waals surface area contributed by atoms with Crippen LogP contribution in [-0.2, 0) is 11.3 Å². The second kappa shape index (κ2) is 8.74. The van der Waals surface area contributed by atoms with Gasteiger partial charge in [-0.15, -0.1) is 0 Å². The van der Waals surface area contributed by atoms with E-state index in [1.165, 1.54) is 11.8 Å². The zero-order valence-corrected chi connectivity index (χ0v) is 16.3. The SMILES string of the molecule is O=C(C1CCN(Cc2ccccc2F)CC1)N1CCN(c2ccccc2)CC1. The minimum Gasteiger partial charge on any atom is -0.368 e. The van der Waals surface area contributed by atoms with Crippen molar-refractivity contribution in [1.82, 2.24) is 9.80 Å². The van der Waals surface area contributed by atoms with E-state index in [0.29, 0.717) is 12.5 Å². The topological polar surface area (TPSA) is 26.8 Å². The smallest absolute Gasteiger partial charge is 0.225 e. The van der Waals surface area contributed by atoms with E-state index < -0.39 is 0 Å². The Kier molecular flexibility index (Phi) is 5.91. The first-order valence-electron chi connectivity index (χ1n) is 10.3. The third-order valence-corrected chi connectivity index (χ3v) is 6.00. The van der Waals surface area contributed by atoms with Crippen LogP contribution in [0.2, 0.25) is 0 Å². The quantitative estimate of drug-likeness (QED) is 0.812. The largest absolute Gasteiger partial charge is 0.368 e. The second-order valence-electron chi connectivity index (χ2n) is 7.79. The van der Waals surface area contributed by atoms with Crippen molar-refractivity contribution in [2.24, 2.45) is 5.92 Å². The summed E-state index contributed by atoms with van der Waals surface area (Å²) < 4.78 is 13.9. The molecule has 0 bridgehead atoms. The van der Waals surface area contributed by atoms with Gasteiger partial charge in [0.25, 0.3) is 0 Å². The maximum atomic E-state index is 13.9. The number of rotatable bonds is 4. The molecule has 2 aromatic rings. The molecular weight excluding hydrogens is 353 g/mol. The first kappa shape index (κ1) is 18.9. The lowest BCUT2D eigenvalue weighted by molar-refractivity contribution is -0.137. The fourth-order valence-corrected chi connectivity index (χ4v) is 4.29. The van der Waals surface area contributed by atoms with Gasteiger partial charge in [0.15, 0.2) is 0 Å². The second-order valence-corrected chi connectivity index (χ2v) is 7.79. The minimum absolute atomic E-state index is 0.111. The van der Waals surface area contributed by atoms with Crippen LogP contribution in [0.4, 0.5) is 10.1 Å². The number of para-hydroxylation sites is 1. The van der Waals surface area contributed by atoms with Gasteiger partial charge in [-0.05, 0) is 44.1 Å². The predicted molar refractivity (Wildman–Crippen MR) is 110 cm³/mol. The molecule has 0 unspecified atom stereocenters. The van der Waals surface area contributed by atoms with Crippen molar-refractivity contribution < 1.29 is 9.18 Å². The lowest BCUT2D eigenvalue weighted by Crippen LogP contribution is -2.51. The Morgan fingerprint density at radius 2 is 1.50 bits per heavy atom. The molecule has 0 saturated carbocycles. The molecule has 4 nitrogen and oxygen atoms in total. The standard InChI is InChI=1S/C23H28FN3O/c24-22-9-5-4-6-20(22)18-25-12-10-19(11-13-25)23(28)27-16-14-26(15-17-27)21-7-2-1-3-8-21/h1-9,19H,10-18H2. The molecule has 0 aliphatic carbocycles. The number of hydrogen-bond donors (Lipinski definition) is 0. The average Bonchev–Trinajstić information content (AvgIpc) is 2.76. The molecule has 28 heavy (non-hydrogen) atoms. The molecule has 0 aromatic heterocycles. The molecule has 0 N–H and O–H groups in total. The Hall–Kier alpha value is -2.40. The van der Waals surface area contributed by atoms with Crippen molar-refractivity contribution in [3.8, 4) is 0 Å². The summed E-state index contributed by atoms with van der Waals surface area (Å²) in [5.41, 5.74) is 1.97. The number of piperidine rings is 1. The number of nitrogens with zero attached hydrogens (tertiary/aromatic N) is 3. The maximum absolute atomic E-state index is 13.9. The van der Waals surface area contributed by atoms with Gasteiger partial charge in [-0.2, -0.15) is 0 Å². The Labute approximate surface area is 166 Å². The molecule has 148 valence electrons. The van der Waals surface area contributed by atoms with Crippen LogP contribution >= 0.6 is 0 Å². The summed E-state index contributed by atoms with van der Waals surface area (Å²) in [6.07, 6.45) is 1.73. The monoisotopic (exact) mass is 381 g/mol. The zero-order chi connectivity index (χ0) is 19.3. The summed E-state index contributed by atoms with van der Waals surface area (Å²) >= 11 is 0. The number of carbonyl (C=O) groups excluding carboxylic acids is 1. The first-order chi connectivity index (χ1) is 13.7. The fourth-order valence-electron chi connectivity index (χ4n) is 4.29. The zero-order valence-electron chi connectivity index (χ0n) is 16.3. The number of hydrogen-bond acceptors (Lipinski definition) is 3. The van der Waals surface area contributed by atoms with Crippen LogP contribution in [0.5, 0.6) is 0 Å². The van der Waals surface area contributed by atoms with Crippen LogP contribution in [0.1, 0.15) is 18.4 Å². The summed E-state index contributed by atoms with van der Waals surface area (Å²) in [7, 11) is 0. The summed E-state index contributed by atoms with van der Waals surface area (Å²) in [5, 5.41) is 0. The number of piperazine rings is 1. The van der Waals surface area contributed by atoms with Crippen LogP contribution in [0.3, 0.4) is 0 Å². The average molecular weight is 381 g/mol. The molecule has 0 radical (unpaired) electrons. The third-order valence-electron chi connectivity index (χ3n) is 6.00. The molecule has 2 heterocycles. The van der Waals surface area contributed by atoms with Gasteiger partial charge in [0.1, 0.15) is 5.82 Å². The Morgan fingerprint density at radius 3 is 2.18 bits per heavy atom. The van der Waals surface area contributed by atoms with Crippen molar-refractivity contribution in [1.29, 1.82) is 0 Å². The van der Waals surface area contributed by atoms with E-state index in [2.05, 4.69) is 34.1 Å². The number of benzene rings is 2. The van der Waals surface area contributed by atoms with Gasteiger partial charge in [-0.1, -0.05) is 36.4 Å². The van der Waals surface area contributed by atoms with E-state index >= 15 is 0 Å². The van der Waals surface area contributed by atoms with Gasteiger partial charge in [-0.3, -0.25) is 9.69 Å². The number of halogens is 1. The molecule has 2 aliphatic rings. The molecule has 2 aromatic carbocycles. The number of anilines is 1. The molecule has 5 heteroatoms. The van der Waals surface area contributed by atoms with E-state index in [1.54, 1.807) is 6.07 Å². The van der Waals surface area contributed by atoms with E-state index in [-0.39, 0.29) is 11.7 Å². The van der Waals surface area contributed by atoms with Gasteiger partial charge in [0.2, 0.25) is 5.91 Å². The minimum atomic E-state index is -0.142. The summed E-state index contributed by atoms with van der Waals surface area (Å²) in [4.78, 5) is 19.6. The van der Waals surface area contributed by atoms with Crippen LogP contribution in [-0.4, -0.2) is 55.0 Å². The van der Waals surface area contributed by atoms with Gasteiger partial charge in [0, 0.05) is 49.9 Å². The Balaban J connectivity index is 1.25. The summed E-state index contributed by atoms with van der Waals surface area (Å²) in [6, 6.07) is 17.4. The molecule has 0 spiro atoms. The van der Waals surface area contributed by atoms with E-state index in [0.717, 1.165) is 57.7 Å². The van der Waals surface area contributed by atoms with Crippen molar-refractivity contribution in [2.75, 3.05) is 44.2 Å². The van der Waals surface area contributed by atoms with Crippen molar-refractivity contribution >= 4 is 11.6 Å². The van der Waals surface area contributed by atoms with Crippen LogP contribution in [0.25, 0.3) is 0 Å². The van der Waals surface area contributed by atoms with Gasteiger partial charge in [-0.25, -0.2) is 4.39 Å². The lowest BCUT2D eigenvalue weighted by Gasteiger charge is -2.39. The van der Waals surface area contributed by atoms with Crippen molar-refractivity contribution in [3.63, 3.8) is 0 Å². The molecular formula is C23H28FN3O. The van der Waals surface area contributed by atoms with E-state index in [9.17, 15) is 9.18 Å². The highest BCUT2D eigenvalue weighted by atomic mass is 19.1. The summed E-state index contributed by atoms with van der Waals surface area (Å²) in [5.74, 6) is 0.274. The number of carbonyl (C=O) groups is 1. The normalized spacial score (nSPS) is 19.0.